The smallest absolute Gasteiger partial charge is 0.165 e. The summed E-state index contributed by atoms with van der Waals surface area (Å²) in [6.45, 7) is 0.644. The van der Waals surface area contributed by atoms with Gasteiger partial charge in [0.15, 0.2) is 5.82 Å². The molecule has 1 N–H and O–H groups in total. The molecule has 0 saturated heterocycles. The number of benzene rings is 1. The number of aromatic nitrogens is 5. The van der Waals surface area contributed by atoms with Crippen molar-refractivity contribution in [3.63, 3.8) is 0 Å². The Hall–Kier alpha value is -2.28. The maximum Gasteiger partial charge on any atom is 0.165 e. The average Bonchev–Trinajstić information content (AvgIpc) is 3.08. The number of anilines is 1. The lowest BCUT2D eigenvalue weighted by Crippen LogP contribution is -2.02. The number of para-hydroxylation sites is 1. The summed E-state index contributed by atoms with van der Waals surface area (Å²) in [5.41, 5.74) is 2.95. The summed E-state index contributed by atoms with van der Waals surface area (Å²) >= 11 is 1.35. The molecule has 0 radical (unpaired) electrons. The van der Waals surface area contributed by atoms with Crippen molar-refractivity contribution in [3.8, 4) is 11.4 Å². The molecule has 0 aliphatic carbocycles. The lowest BCUT2D eigenvalue weighted by Gasteiger charge is -2.10. The molecule has 3 rings (SSSR count). The van der Waals surface area contributed by atoms with Gasteiger partial charge in [0.2, 0.25) is 0 Å². The zero-order valence-corrected chi connectivity index (χ0v) is 11.1. The van der Waals surface area contributed by atoms with E-state index in [0.717, 1.165) is 22.8 Å². The predicted molar refractivity (Wildman–Crippen MR) is 73.7 cm³/mol. The summed E-state index contributed by atoms with van der Waals surface area (Å²) in [5, 5.41) is 17.3. The van der Waals surface area contributed by atoms with Crippen LogP contribution in [0.25, 0.3) is 11.4 Å². The molecule has 6 nitrogen and oxygen atoms in total. The van der Waals surface area contributed by atoms with Crippen molar-refractivity contribution < 1.29 is 0 Å². The van der Waals surface area contributed by atoms with Crippen LogP contribution in [0.1, 0.15) is 5.69 Å². The summed E-state index contributed by atoms with van der Waals surface area (Å²) in [4.78, 5) is 0. The molecule has 19 heavy (non-hydrogen) atoms. The van der Waals surface area contributed by atoms with Gasteiger partial charge in [-0.25, -0.2) is 0 Å². The van der Waals surface area contributed by atoms with Gasteiger partial charge in [-0.3, -0.25) is 0 Å². The molecule has 0 amide bonds. The van der Waals surface area contributed by atoms with Gasteiger partial charge in [-0.05, 0) is 23.7 Å². The monoisotopic (exact) mass is 272 g/mol. The molecule has 0 aliphatic rings. The van der Waals surface area contributed by atoms with Crippen molar-refractivity contribution in [1.29, 1.82) is 0 Å². The van der Waals surface area contributed by atoms with E-state index in [1.165, 1.54) is 11.5 Å². The first-order valence-corrected chi connectivity index (χ1v) is 6.61. The standard InChI is InChI=1S/C12H12N6S/c1-18-8-14-16-12(18)10-4-2-3-5-11(10)13-6-9-7-19-17-15-9/h2-5,7-8,13H,6H2,1H3. The summed E-state index contributed by atoms with van der Waals surface area (Å²) in [6.07, 6.45) is 1.69. The normalized spacial score (nSPS) is 10.6. The lowest BCUT2D eigenvalue weighted by molar-refractivity contribution is 0.919. The first kappa shape index (κ1) is 11.8. The molecular weight excluding hydrogens is 260 g/mol. The second-order valence-electron chi connectivity index (χ2n) is 4.06. The van der Waals surface area contributed by atoms with Crippen LogP contribution >= 0.6 is 11.5 Å². The molecule has 1 aromatic carbocycles. The first-order chi connectivity index (χ1) is 9.34. The van der Waals surface area contributed by atoms with Crippen molar-refractivity contribution >= 4 is 17.2 Å². The number of nitrogens with one attached hydrogen (secondary N) is 1. The molecule has 0 fully saturated rings. The summed E-state index contributed by atoms with van der Waals surface area (Å²) in [7, 11) is 1.93. The highest BCUT2D eigenvalue weighted by atomic mass is 32.1. The van der Waals surface area contributed by atoms with Gasteiger partial charge in [0.25, 0.3) is 0 Å². The fraction of sp³-hybridized carbons (Fsp3) is 0.167. The van der Waals surface area contributed by atoms with Crippen molar-refractivity contribution in [2.24, 2.45) is 7.05 Å². The fourth-order valence-corrected chi connectivity index (χ4v) is 2.26. The second kappa shape index (κ2) is 5.15. The van der Waals surface area contributed by atoms with Crippen LogP contribution in [0, 0.1) is 0 Å². The number of hydrogen-bond acceptors (Lipinski definition) is 6. The second-order valence-corrected chi connectivity index (χ2v) is 4.67. The van der Waals surface area contributed by atoms with Crippen molar-refractivity contribution in [1.82, 2.24) is 24.4 Å². The Morgan fingerprint density at radius 2 is 2.16 bits per heavy atom. The van der Waals surface area contributed by atoms with Crippen LogP contribution in [0.4, 0.5) is 5.69 Å². The van der Waals surface area contributed by atoms with Crippen LogP contribution in [0.5, 0.6) is 0 Å². The molecule has 7 heteroatoms. The SMILES string of the molecule is Cn1cnnc1-c1ccccc1NCc1csnn1. The number of nitrogens with zero attached hydrogens (tertiary/aromatic N) is 5. The fourth-order valence-electron chi connectivity index (χ4n) is 1.81. The zero-order chi connectivity index (χ0) is 13.1. The Kier molecular flexibility index (Phi) is 3.20. The molecule has 2 aromatic heterocycles. The minimum Gasteiger partial charge on any atom is -0.379 e. The highest BCUT2D eigenvalue weighted by Gasteiger charge is 2.09. The Morgan fingerprint density at radius 1 is 1.26 bits per heavy atom. The molecule has 0 bridgehead atoms. The van der Waals surface area contributed by atoms with Gasteiger partial charge in [0, 0.05) is 23.7 Å². The van der Waals surface area contributed by atoms with Gasteiger partial charge in [-0.15, -0.1) is 15.3 Å². The Bertz CT molecular complexity index is 660. The third-order valence-electron chi connectivity index (χ3n) is 2.74. The molecule has 0 aliphatic heterocycles. The van der Waals surface area contributed by atoms with Crippen LogP contribution in [0.3, 0.4) is 0 Å². The molecule has 0 unspecified atom stereocenters. The van der Waals surface area contributed by atoms with E-state index in [9.17, 15) is 0 Å². The minimum atomic E-state index is 0.644. The third kappa shape index (κ3) is 2.45. The Labute approximate surface area is 114 Å². The van der Waals surface area contributed by atoms with Gasteiger partial charge < -0.3 is 9.88 Å². The molecule has 3 aromatic rings. The third-order valence-corrected chi connectivity index (χ3v) is 3.30. The number of hydrogen-bond donors (Lipinski definition) is 1. The maximum atomic E-state index is 4.14. The number of aryl methyl sites for hydroxylation is 1. The van der Waals surface area contributed by atoms with E-state index in [-0.39, 0.29) is 0 Å². The van der Waals surface area contributed by atoms with Crippen LogP contribution in [0.2, 0.25) is 0 Å². The topological polar surface area (TPSA) is 68.5 Å². The summed E-state index contributed by atoms with van der Waals surface area (Å²) in [6, 6.07) is 8.01. The van der Waals surface area contributed by atoms with E-state index in [1.54, 1.807) is 6.33 Å². The van der Waals surface area contributed by atoms with E-state index < -0.39 is 0 Å². The summed E-state index contributed by atoms with van der Waals surface area (Å²) < 4.78 is 5.74. The van der Waals surface area contributed by atoms with Crippen LogP contribution < -0.4 is 5.32 Å². The first-order valence-electron chi connectivity index (χ1n) is 5.78. The van der Waals surface area contributed by atoms with E-state index in [2.05, 4.69) is 25.1 Å². The minimum absolute atomic E-state index is 0.644. The molecule has 0 atom stereocenters. The Morgan fingerprint density at radius 3 is 2.89 bits per heavy atom. The quantitative estimate of drug-likeness (QED) is 0.786. The van der Waals surface area contributed by atoms with E-state index in [1.807, 2.05) is 41.3 Å². The van der Waals surface area contributed by atoms with Crippen LogP contribution in [-0.4, -0.2) is 24.4 Å². The highest BCUT2D eigenvalue weighted by molar-refractivity contribution is 7.03. The Balaban J connectivity index is 1.88. The van der Waals surface area contributed by atoms with E-state index in [0.29, 0.717) is 6.54 Å². The predicted octanol–water partition coefficient (Wildman–Crippen LogP) is 1.95. The highest BCUT2D eigenvalue weighted by Crippen LogP contribution is 2.25. The number of rotatable bonds is 4. The van der Waals surface area contributed by atoms with E-state index >= 15 is 0 Å². The van der Waals surface area contributed by atoms with Crippen LogP contribution in [0.15, 0.2) is 36.0 Å². The largest absolute Gasteiger partial charge is 0.379 e. The van der Waals surface area contributed by atoms with Crippen molar-refractivity contribution in [2.75, 3.05) is 5.32 Å². The van der Waals surface area contributed by atoms with E-state index in [4.69, 9.17) is 0 Å². The molecule has 96 valence electrons. The maximum absolute atomic E-state index is 4.14. The summed E-state index contributed by atoms with van der Waals surface area (Å²) in [5.74, 6) is 0.833. The average molecular weight is 272 g/mol. The molecular formula is C12H12N6S. The van der Waals surface area contributed by atoms with Gasteiger partial charge in [-0.2, -0.15) is 0 Å². The van der Waals surface area contributed by atoms with Crippen LogP contribution in [-0.2, 0) is 13.6 Å². The van der Waals surface area contributed by atoms with Gasteiger partial charge in [0.1, 0.15) is 6.33 Å². The molecule has 0 saturated carbocycles. The van der Waals surface area contributed by atoms with Gasteiger partial charge >= 0.3 is 0 Å². The lowest BCUT2D eigenvalue weighted by atomic mass is 10.1. The van der Waals surface area contributed by atoms with Gasteiger partial charge in [0.05, 0.1) is 12.2 Å². The molecule has 2 heterocycles. The molecule has 0 spiro atoms. The van der Waals surface area contributed by atoms with Gasteiger partial charge in [-0.1, -0.05) is 16.6 Å². The zero-order valence-electron chi connectivity index (χ0n) is 10.3. The van der Waals surface area contributed by atoms with Crippen molar-refractivity contribution in [2.45, 2.75) is 6.54 Å². The van der Waals surface area contributed by atoms with Crippen molar-refractivity contribution in [3.05, 3.63) is 41.7 Å².